The summed E-state index contributed by atoms with van der Waals surface area (Å²) in [5.41, 5.74) is 1.12. The zero-order valence-electron chi connectivity index (χ0n) is 15.6. The highest BCUT2D eigenvalue weighted by atomic mass is 16.5. The normalized spacial score (nSPS) is 21.3. The Morgan fingerprint density at radius 3 is 2.48 bits per heavy atom. The van der Waals surface area contributed by atoms with Gasteiger partial charge in [-0.15, -0.1) is 0 Å². The van der Waals surface area contributed by atoms with Crippen LogP contribution in [-0.4, -0.2) is 72.3 Å². The Kier molecular flexibility index (Phi) is 5.64. The number of oxazole rings is 1. The molecule has 0 aromatic carbocycles. The predicted molar refractivity (Wildman–Crippen MR) is 94.7 cm³/mol. The topological polar surface area (TPSA) is 70.8 Å². The molecule has 7 heteroatoms. The summed E-state index contributed by atoms with van der Waals surface area (Å²) in [6.07, 6.45) is 2.73. The number of amides is 2. The number of hydrogen-bond donors (Lipinski definition) is 1. The van der Waals surface area contributed by atoms with Crippen molar-refractivity contribution in [2.24, 2.45) is 0 Å². The molecule has 2 fully saturated rings. The number of ether oxygens (including phenoxy) is 1. The van der Waals surface area contributed by atoms with Gasteiger partial charge >= 0.3 is 6.03 Å². The first-order chi connectivity index (χ1) is 12.0. The van der Waals surface area contributed by atoms with Crippen molar-refractivity contribution < 1.29 is 13.9 Å². The highest BCUT2D eigenvalue weighted by molar-refractivity contribution is 5.74. The van der Waals surface area contributed by atoms with Gasteiger partial charge in [0.15, 0.2) is 5.89 Å². The third-order valence-corrected chi connectivity index (χ3v) is 5.54. The van der Waals surface area contributed by atoms with Crippen LogP contribution in [0.1, 0.15) is 37.1 Å². The minimum Gasteiger partial charge on any atom is -0.446 e. The molecule has 3 rings (SSSR count). The van der Waals surface area contributed by atoms with Crippen molar-refractivity contribution >= 4 is 6.03 Å². The highest BCUT2D eigenvalue weighted by Gasteiger charge is 2.37. The molecule has 0 radical (unpaired) electrons. The quantitative estimate of drug-likeness (QED) is 0.895. The molecule has 3 heterocycles. The van der Waals surface area contributed by atoms with Crippen molar-refractivity contribution in [3.05, 3.63) is 17.3 Å². The summed E-state index contributed by atoms with van der Waals surface area (Å²) in [4.78, 5) is 21.2. The highest BCUT2D eigenvalue weighted by Crippen LogP contribution is 2.29. The molecule has 0 saturated carbocycles. The maximum atomic E-state index is 12.4. The average Bonchev–Trinajstić information content (AvgIpc) is 2.93. The predicted octanol–water partition coefficient (Wildman–Crippen LogP) is 1.73. The molecular weight excluding hydrogens is 320 g/mol. The smallest absolute Gasteiger partial charge is 0.317 e. The molecule has 2 aliphatic heterocycles. The van der Waals surface area contributed by atoms with E-state index in [1.54, 1.807) is 0 Å². The summed E-state index contributed by atoms with van der Waals surface area (Å²) < 4.78 is 10.9. The van der Waals surface area contributed by atoms with E-state index < -0.39 is 0 Å². The Labute approximate surface area is 149 Å². The van der Waals surface area contributed by atoms with Crippen LogP contribution in [0.25, 0.3) is 0 Å². The number of aromatic nitrogens is 1. The lowest BCUT2D eigenvalue weighted by Crippen LogP contribution is -2.58. The van der Waals surface area contributed by atoms with Crippen LogP contribution >= 0.6 is 0 Å². The maximum absolute atomic E-state index is 12.4. The number of carbonyl (C=O) groups is 1. The zero-order valence-corrected chi connectivity index (χ0v) is 15.6. The van der Waals surface area contributed by atoms with E-state index in [2.05, 4.69) is 22.1 Å². The third kappa shape index (κ3) is 4.33. The summed E-state index contributed by atoms with van der Waals surface area (Å²) in [7, 11) is 0. The Morgan fingerprint density at radius 2 is 1.88 bits per heavy atom. The van der Waals surface area contributed by atoms with Crippen molar-refractivity contribution in [1.82, 2.24) is 20.1 Å². The van der Waals surface area contributed by atoms with Crippen LogP contribution in [0, 0.1) is 13.8 Å². The first-order valence-corrected chi connectivity index (χ1v) is 9.26. The Bertz CT molecular complexity index is 587. The standard InChI is InChI=1S/C18H30N4O3/c1-14-16(20-15(2)25-14)4-7-19-17(23)21-8-5-18(3,6-9-21)22-10-12-24-13-11-22/h4-13H2,1-3H3,(H,19,23). The summed E-state index contributed by atoms with van der Waals surface area (Å²) in [5, 5.41) is 3.02. The summed E-state index contributed by atoms with van der Waals surface area (Å²) in [6.45, 7) is 11.9. The van der Waals surface area contributed by atoms with E-state index in [4.69, 9.17) is 9.15 Å². The molecule has 140 valence electrons. The van der Waals surface area contributed by atoms with Crippen molar-refractivity contribution in [3.8, 4) is 0 Å². The fourth-order valence-corrected chi connectivity index (χ4v) is 3.81. The molecular formula is C18H30N4O3. The van der Waals surface area contributed by atoms with Gasteiger partial charge in [0.05, 0.1) is 18.9 Å². The van der Waals surface area contributed by atoms with Gasteiger partial charge in [-0.2, -0.15) is 0 Å². The van der Waals surface area contributed by atoms with Gasteiger partial charge in [0.2, 0.25) is 0 Å². The number of morpholine rings is 1. The molecule has 2 amide bonds. The van der Waals surface area contributed by atoms with Gasteiger partial charge in [-0.05, 0) is 26.7 Å². The van der Waals surface area contributed by atoms with E-state index >= 15 is 0 Å². The van der Waals surface area contributed by atoms with Gasteiger partial charge in [0.1, 0.15) is 5.76 Å². The molecule has 7 nitrogen and oxygen atoms in total. The van der Waals surface area contributed by atoms with Crippen molar-refractivity contribution in [3.63, 3.8) is 0 Å². The lowest BCUT2D eigenvalue weighted by atomic mass is 9.87. The Morgan fingerprint density at radius 1 is 1.20 bits per heavy atom. The van der Waals surface area contributed by atoms with Crippen LogP contribution in [0.4, 0.5) is 4.79 Å². The molecule has 0 atom stereocenters. The van der Waals surface area contributed by atoms with Crippen molar-refractivity contribution in [2.75, 3.05) is 45.9 Å². The molecule has 2 aliphatic rings. The number of aryl methyl sites for hydroxylation is 2. The molecule has 0 bridgehead atoms. The second-order valence-electron chi connectivity index (χ2n) is 7.30. The van der Waals surface area contributed by atoms with E-state index in [0.717, 1.165) is 63.7 Å². The second kappa shape index (κ2) is 7.74. The number of piperidine rings is 1. The van der Waals surface area contributed by atoms with Crippen LogP contribution in [0.2, 0.25) is 0 Å². The third-order valence-electron chi connectivity index (χ3n) is 5.54. The fourth-order valence-electron chi connectivity index (χ4n) is 3.81. The first-order valence-electron chi connectivity index (χ1n) is 9.26. The fraction of sp³-hybridized carbons (Fsp3) is 0.778. The number of nitrogens with one attached hydrogen (secondary N) is 1. The Hall–Kier alpha value is -1.60. The van der Waals surface area contributed by atoms with Crippen LogP contribution < -0.4 is 5.32 Å². The van der Waals surface area contributed by atoms with Gasteiger partial charge in [-0.25, -0.2) is 9.78 Å². The number of urea groups is 1. The van der Waals surface area contributed by atoms with Crippen molar-refractivity contribution in [1.29, 1.82) is 0 Å². The number of rotatable bonds is 4. The maximum Gasteiger partial charge on any atom is 0.317 e. The number of nitrogens with zero attached hydrogens (tertiary/aromatic N) is 3. The van der Waals surface area contributed by atoms with Gasteiger partial charge in [0, 0.05) is 51.6 Å². The molecule has 2 saturated heterocycles. The summed E-state index contributed by atoms with van der Waals surface area (Å²) >= 11 is 0. The lowest BCUT2D eigenvalue weighted by molar-refractivity contribution is -0.0356. The number of hydrogen-bond acceptors (Lipinski definition) is 5. The van der Waals surface area contributed by atoms with E-state index in [1.165, 1.54) is 0 Å². The SMILES string of the molecule is Cc1nc(CCNC(=O)N2CCC(C)(N3CCOCC3)CC2)c(C)o1. The molecule has 1 aromatic rings. The van der Waals surface area contributed by atoms with E-state index in [-0.39, 0.29) is 11.6 Å². The van der Waals surface area contributed by atoms with E-state index in [9.17, 15) is 4.79 Å². The van der Waals surface area contributed by atoms with Gasteiger partial charge in [0.25, 0.3) is 0 Å². The molecule has 1 N–H and O–H groups in total. The first kappa shape index (κ1) is 18.2. The van der Waals surface area contributed by atoms with Gasteiger partial charge < -0.3 is 19.4 Å². The second-order valence-corrected chi connectivity index (χ2v) is 7.30. The van der Waals surface area contributed by atoms with Crippen LogP contribution in [0.5, 0.6) is 0 Å². The lowest BCUT2D eigenvalue weighted by Gasteiger charge is -2.48. The molecule has 25 heavy (non-hydrogen) atoms. The van der Waals surface area contributed by atoms with Crippen LogP contribution in [0.15, 0.2) is 4.42 Å². The van der Waals surface area contributed by atoms with Crippen LogP contribution in [-0.2, 0) is 11.2 Å². The molecule has 1 aromatic heterocycles. The van der Waals surface area contributed by atoms with Crippen molar-refractivity contribution in [2.45, 2.75) is 45.6 Å². The van der Waals surface area contributed by atoms with Gasteiger partial charge in [-0.1, -0.05) is 0 Å². The molecule has 0 aliphatic carbocycles. The number of likely N-dealkylation sites (tertiary alicyclic amines) is 1. The molecule has 0 unspecified atom stereocenters. The summed E-state index contributed by atoms with van der Waals surface area (Å²) in [6, 6.07) is 0.0295. The average molecular weight is 350 g/mol. The minimum absolute atomic E-state index is 0.0295. The Balaban J connectivity index is 1.42. The molecule has 0 spiro atoms. The largest absolute Gasteiger partial charge is 0.446 e. The van der Waals surface area contributed by atoms with Gasteiger partial charge in [-0.3, -0.25) is 4.90 Å². The minimum atomic E-state index is 0.0295. The van der Waals surface area contributed by atoms with E-state index in [1.807, 2.05) is 18.7 Å². The van der Waals surface area contributed by atoms with Crippen LogP contribution in [0.3, 0.4) is 0 Å². The summed E-state index contributed by atoms with van der Waals surface area (Å²) in [5.74, 6) is 1.52. The van der Waals surface area contributed by atoms with E-state index in [0.29, 0.717) is 18.9 Å². The zero-order chi connectivity index (χ0) is 17.9. The number of carbonyl (C=O) groups excluding carboxylic acids is 1. The monoisotopic (exact) mass is 350 g/mol.